The molecule has 3 nitrogen and oxygen atoms in total. The summed E-state index contributed by atoms with van der Waals surface area (Å²) in [5, 5.41) is -0.777. The molecule has 0 rings (SSSR count). The topological polar surface area (TPSA) is 37.4 Å². The van der Waals surface area contributed by atoms with Crippen LogP contribution in [-0.2, 0) is 9.59 Å². The van der Waals surface area contributed by atoms with E-state index in [1.54, 1.807) is 0 Å². The van der Waals surface area contributed by atoms with Gasteiger partial charge in [-0.15, -0.1) is 0 Å². The van der Waals surface area contributed by atoms with Crippen molar-refractivity contribution >= 4 is 33.7 Å². The number of carbonyl (C=O) groups excluding carboxylic acids is 2. The lowest BCUT2D eigenvalue weighted by molar-refractivity contribution is -0.117. The number of unbranched alkanes of at least 4 members (excludes halogenated alkanes) is 18. The Morgan fingerprint density at radius 1 is 0.618 bits per heavy atom. The first kappa shape index (κ1) is 30.1. The van der Waals surface area contributed by atoms with E-state index in [1.807, 2.05) is 0 Å². The van der Waals surface area contributed by atoms with Gasteiger partial charge in [0.05, 0.1) is 6.04 Å². The van der Waals surface area contributed by atoms with Gasteiger partial charge < -0.3 is 0 Å². The zero-order valence-corrected chi connectivity index (χ0v) is 23.5. The van der Waals surface area contributed by atoms with Gasteiger partial charge in [-0.1, -0.05) is 129 Å². The molecule has 0 saturated carbocycles. The maximum absolute atomic E-state index is 12.1. The predicted molar refractivity (Wildman–Crippen MR) is 150 cm³/mol. The summed E-state index contributed by atoms with van der Waals surface area (Å²) in [7, 11) is 0. The van der Waals surface area contributed by atoms with E-state index in [9.17, 15) is 9.59 Å². The van der Waals surface area contributed by atoms with Crippen molar-refractivity contribution in [3.05, 3.63) is 0 Å². The number of carbonyl (C=O) groups is 2. The van der Waals surface area contributed by atoms with E-state index in [0.717, 1.165) is 51.6 Å². The molecule has 0 aliphatic rings. The molecule has 0 aliphatic carbocycles. The van der Waals surface area contributed by atoms with Gasteiger partial charge in [0, 0.05) is 9.16 Å². The maximum Gasteiger partial charge on any atom is 0.238 e. The molecule has 5 heteroatoms. The van der Waals surface area contributed by atoms with Crippen LogP contribution in [0.4, 0.5) is 0 Å². The summed E-state index contributed by atoms with van der Waals surface area (Å²) in [6, 6.07) is -0.415. The van der Waals surface area contributed by atoms with Crippen molar-refractivity contribution < 1.29 is 12.3 Å². The zero-order chi connectivity index (χ0) is 26.7. The summed E-state index contributed by atoms with van der Waals surface area (Å²) < 4.78 is 14.4. The molecule has 0 spiro atoms. The van der Waals surface area contributed by atoms with E-state index in [2.05, 4.69) is 4.90 Å². The third kappa shape index (κ3) is 22.4. The lowest BCUT2D eigenvalue weighted by atomic mass is 10.0. The fourth-order valence-corrected chi connectivity index (χ4v) is 4.93. The molecule has 0 amide bonds. The lowest BCUT2D eigenvalue weighted by Gasteiger charge is -2.29. The fraction of sp³-hybridized carbons (Fsp3) is 0.931. The summed E-state index contributed by atoms with van der Waals surface area (Å²) >= 11 is 11.5. The van der Waals surface area contributed by atoms with E-state index >= 15 is 0 Å². The van der Waals surface area contributed by atoms with Crippen LogP contribution in [0, 0.1) is 0 Å². The van der Waals surface area contributed by atoms with Gasteiger partial charge >= 0.3 is 0 Å². The van der Waals surface area contributed by atoms with Crippen molar-refractivity contribution in [1.29, 1.82) is 0 Å². The van der Waals surface area contributed by atoms with Gasteiger partial charge in [-0.2, -0.15) is 0 Å². The van der Waals surface area contributed by atoms with Crippen LogP contribution in [-0.4, -0.2) is 34.5 Å². The predicted octanol–water partition coefficient (Wildman–Crippen LogP) is 9.81. The first-order valence-electron chi connectivity index (χ1n) is 15.6. The Kier molecular flexibility index (Phi) is 23.0. The average molecular weight is 523 g/mol. The van der Waals surface area contributed by atoms with E-state index < -0.39 is 11.3 Å². The molecule has 0 aromatic carbocycles. The summed E-state index contributed by atoms with van der Waals surface area (Å²) in [6.45, 7) is 2.82. The molecule has 202 valence electrons. The molecule has 34 heavy (non-hydrogen) atoms. The molecule has 0 unspecified atom stereocenters. The third-order valence-electron chi connectivity index (χ3n) is 6.71. The van der Waals surface area contributed by atoms with Gasteiger partial charge in [0.15, 0.2) is 0 Å². The summed E-state index contributed by atoms with van der Waals surface area (Å²) in [5.41, 5.74) is 0. The van der Waals surface area contributed by atoms with Gasteiger partial charge in [0.1, 0.15) is 0 Å². The minimum absolute atomic E-state index is 0.185. The minimum Gasteiger partial charge on any atom is -0.292 e. The number of nitrogens with zero attached hydrogens (tertiary/aromatic N) is 1. The monoisotopic (exact) mass is 521 g/mol. The highest BCUT2D eigenvalue weighted by Gasteiger charge is 2.24. The van der Waals surface area contributed by atoms with E-state index in [0.29, 0.717) is 20.2 Å². The molecule has 0 saturated heterocycles. The van der Waals surface area contributed by atoms with Gasteiger partial charge in [0.2, 0.25) is 10.5 Å². The smallest absolute Gasteiger partial charge is 0.238 e. The van der Waals surface area contributed by atoms with Crippen LogP contribution in [0.25, 0.3) is 0 Å². The molecule has 0 fully saturated rings. The van der Waals surface area contributed by atoms with Crippen molar-refractivity contribution in [1.82, 2.24) is 4.90 Å². The molecule has 1 atom stereocenters. The van der Waals surface area contributed by atoms with Gasteiger partial charge in [-0.05, 0) is 55.6 Å². The highest BCUT2D eigenvalue weighted by Crippen LogP contribution is 2.17. The molecular formula is C29H55Cl2NO2. The molecule has 0 aromatic heterocycles. The van der Waals surface area contributed by atoms with Gasteiger partial charge in [-0.25, -0.2) is 0 Å². The summed E-state index contributed by atoms with van der Waals surface area (Å²) in [4.78, 5) is 25.6. The Labute approximate surface area is 224 Å². The highest BCUT2D eigenvalue weighted by atomic mass is 35.5. The van der Waals surface area contributed by atoms with Crippen molar-refractivity contribution in [2.75, 3.05) is 13.1 Å². The Morgan fingerprint density at radius 2 is 0.971 bits per heavy atom. The first-order valence-corrected chi connectivity index (χ1v) is 15.0. The van der Waals surface area contributed by atoms with Crippen LogP contribution in [0.1, 0.15) is 158 Å². The molecule has 0 heterocycles. The normalized spacial score (nSPS) is 13.1. The second kappa shape index (κ2) is 26.0. The Hall–Kier alpha value is -0.120. The number of hydrogen-bond donors (Lipinski definition) is 0. The van der Waals surface area contributed by atoms with E-state index in [1.165, 1.54) is 89.9 Å². The standard InChI is InChI=1S/C29H55Cl2NO2/c1-3-5-7-9-11-13-15-17-19-21-25-32(27(29(31)34)23-24-28(30)33)26-22-20-18-16-14-12-10-8-6-4-2/h27H,3-26H2,1-2H3/t27-/m0/s1/i1D,2D. The maximum atomic E-state index is 12.1. The van der Waals surface area contributed by atoms with Crippen LogP contribution in [0.2, 0.25) is 0 Å². The van der Waals surface area contributed by atoms with Crippen molar-refractivity contribution in [2.45, 2.75) is 161 Å². The quantitative estimate of drug-likeness (QED) is 0.0796. The molecule has 0 aliphatic heterocycles. The molecule has 0 aromatic rings. The first-order chi connectivity index (χ1) is 17.5. The van der Waals surface area contributed by atoms with Crippen molar-refractivity contribution in [3.63, 3.8) is 0 Å². The Morgan fingerprint density at radius 3 is 1.29 bits per heavy atom. The molecule has 0 bridgehead atoms. The highest BCUT2D eigenvalue weighted by molar-refractivity contribution is 6.65. The number of halogens is 2. The van der Waals surface area contributed by atoms with Gasteiger partial charge in [-0.3, -0.25) is 14.5 Å². The van der Waals surface area contributed by atoms with Crippen LogP contribution in [0.3, 0.4) is 0 Å². The second-order valence-corrected chi connectivity index (χ2v) is 10.6. The van der Waals surface area contributed by atoms with E-state index in [-0.39, 0.29) is 11.7 Å². The summed E-state index contributed by atoms with van der Waals surface area (Å²) in [5.74, 6) is 0. The van der Waals surface area contributed by atoms with Crippen LogP contribution >= 0.6 is 23.2 Å². The van der Waals surface area contributed by atoms with Crippen molar-refractivity contribution in [2.24, 2.45) is 0 Å². The Balaban J connectivity index is 4.18. The molecular weight excluding hydrogens is 465 g/mol. The van der Waals surface area contributed by atoms with Gasteiger partial charge in [0.25, 0.3) is 0 Å². The largest absolute Gasteiger partial charge is 0.292 e. The van der Waals surface area contributed by atoms with Crippen molar-refractivity contribution in [3.8, 4) is 0 Å². The minimum atomic E-state index is -0.415. The number of hydrogen-bond acceptors (Lipinski definition) is 3. The molecule has 0 N–H and O–H groups in total. The molecule has 0 radical (unpaired) electrons. The summed E-state index contributed by atoms with van der Waals surface area (Å²) in [6.07, 6.45) is 24.8. The van der Waals surface area contributed by atoms with E-state index in [4.69, 9.17) is 25.9 Å². The second-order valence-electron chi connectivity index (χ2n) is 9.82. The van der Waals surface area contributed by atoms with Crippen LogP contribution < -0.4 is 0 Å². The number of rotatable bonds is 27. The third-order valence-corrected chi connectivity index (χ3v) is 7.15. The van der Waals surface area contributed by atoms with Crippen LogP contribution in [0.5, 0.6) is 0 Å². The Bertz CT molecular complexity index is 486. The zero-order valence-electron chi connectivity index (χ0n) is 24.0. The average Bonchev–Trinajstić information content (AvgIpc) is 2.85. The van der Waals surface area contributed by atoms with Crippen LogP contribution in [0.15, 0.2) is 0 Å². The lowest BCUT2D eigenvalue weighted by Crippen LogP contribution is -2.41. The SMILES string of the molecule is [2H]CCCCCCCCCCCCN(CCCCCCCCCCCC[2H])[C@@H](CCC(=O)Cl)C(=O)Cl. The fourth-order valence-electron chi connectivity index (χ4n) is 4.57.